The second-order valence-corrected chi connectivity index (χ2v) is 7.58. The highest BCUT2D eigenvalue weighted by molar-refractivity contribution is 9.10. The van der Waals surface area contributed by atoms with Crippen LogP contribution < -0.4 is 0 Å². The number of hydrogen-bond donors (Lipinski definition) is 1. The molecule has 1 unspecified atom stereocenters. The molecule has 1 atom stereocenters. The maximum absolute atomic E-state index is 13.4. The van der Waals surface area contributed by atoms with Crippen molar-refractivity contribution in [2.75, 3.05) is 0 Å². The fraction of sp³-hybridized carbons (Fsp3) is 0.438. The van der Waals surface area contributed by atoms with Crippen LogP contribution in [0.4, 0.5) is 13.2 Å². The Morgan fingerprint density at radius 1 is 1.31 bits per heavy atom. The first-order chi connectivity index (χ1) is 11.7. The van der Waals surface area contributed by atoms with Gasteiger partial charge in [-0.15, -0.1) is 0 Å². The Morgan fingerprint density at radius 2 is 1.92 bits per heavy atom. The molecule has 0 aliphatic carbocycles. The number of benzene rings is 1. The number of hydrazone groups is 1. The third-order valence-electron chi connectivity index (χ3n) is 3.36. The lowest BCUT2D eigenvalue weighted by molar-refractivity contribution is -0.302. The van der Waals surface area contributed by atoms with Gasteiger partial charge in [0.25, 0.3) is 5.72 Å². The predicted octanol–water partition coefficient (Wildman–Crippen LogP) is 2.98. The van der Waals surface area contributed by atoms with Crippen molar-refractivity contribution in [2.24, 2.45) is 5.10 Å². The predicted molar refractivity (Wildman–Crippen MR) is 89.0 cm³/mol. The van der Waals surface area contributed by atoms with Crippen molar-refractivity contribution in [3.05, 3.63) is 34.3 Å². The van der Waals surface area contributed by atoms with E-state index in [-0.39, 0.29) is 16.3 Å². The lowest BCUT2D eigenvalue weighted by Gasteiger charge is -2.32. The van der Waals surface area contributed by atoms with Crippen LogP contribution in [-0.4, -0.2) is 45.2 Å². The average molecular weight is 437 g/mol. The quantitative estimate of drug-likeness (QED) is 0.542. The molecule has 10 heteroatoms. The second-order valence-electron chi connectivity index (χ2n) is 6.67. The van der Waals surface area contributed by atoms with Crippen molar-refractivity contribution in [3.63, 3.8) is 0 Å². The zero-order chi connectivity index (χ0) is 19.9. The maximum atomic E-state index is 13.4. The number of aliphatic hydroxyl groups is 1. The summed E-state index contributed by atoms with van der Waals surface area (Å²) in [5.41, 5.74) is -4.66. The van der Waals surface area contributed by atoms with Gasteiger partial charge in [-0.2, -0.15) is 23.3 Å². The minimum atomic E-state index is -5.23. The van der Waals surface area contributed by atoms with Crippen molar-refractivity contribution >= 4 is 33.5 Å². The number of rotatable bonds is 1. The van der Waals surface area contributed by atoms with Crippen molar-refractivity contribution in [1.82, 2.24) is 5.01 Å². The fourth-order valence-corrected chi connectivity index (χ4v) is 2.62. The molecule has 0 spiro atoms. The van der Waals surface area contributed by atoms with Gasteiger partial charge >= 0.3 is 18.1 Å². The minimum absolute atomic E-state index is 0.192. The van der Waals surface area contributed by atoms with E-state index in [1.54, 1.807) is 12.1 Å². The Kier molecular flexibility index (Phi) is 5.22. The number of halogens is 4. The third kappa shape index (κ3) is 4.07. The summed E-state index contributed by atoms with van der Waals surface area (Å²) in [6.45, 7) is 4.36. The molecule has 2 rings (SSSR count). The highest BCUT2D eigenvalue weighted by atomic mass is 79.9. The van der Waals surface area contributed by atoms with E-state index in [1.807, 2.05) is 0 Å². The molecule has 142 valence electrons. The molecular weight excluding hydrogens is 421 g/mol. The summed E-state index contributed by atoms with van der Waals surface area (Å²) < 4.78 is 45.7. The molecule has 1 aliphatic heterocycles. The van der Waals surface area contributed by atoms with Crippen LogP contribution >= 0.6 is 15.9 Å². The SMILES string of the molecule is CC(C)(C)OC(=O)C(=O)N1N=C(c2cccc(Br)c2)CC1(O)C(F)(F)F. The van der Waals surface area contributed by atoms with Gasteiger partial charge in [0.1, 0.15) is 5.60 Å². The number of carbonyl (C=O) groups is 2. The lowest BCUT2D eigenvalue weighted by Crippen LogP contribution is -2.58. The summed E-state index contributed by atoms with van der Waals surface area (Å²) in [5.74, 6) is -3.25. The molecular formula is C16H16BrF3N2O4. The van der Waals surface area contributed by atoms with Crippen LogP contribution in [0.5, 0.6) is 0 Å². The van der Waals surface area contributed by atoms with Crippen LogP contribution in [0, 0.1) is 0 Å². The first-order valence-corrected chi connectivity index (χ1v) is 8.24. The number of carbonyl (C=O) groups excluding carboxylic acids is 2. The second kappa shape index (κ2) is 6.66. The molecule has 1 heterocycles. The average Bonchev–Trinajstić information content (AvgIpc) is 2.83. The zero-order valence-corrected chi connectivity index (χ0v) is 15.7. The van der Waals surface area contributed by atoms with Gasteiger partial charge in [-0.05, 0) is 38.5 Å². The first-order valence-electron chi connectivity index (χ1n) is 7.45. The molecule has 0 fully saturated rings. The highest BCUT2D eigenvalue weighted by Crippen LogP contribution is 2.41. The number of alkyl halides is 3. The van der Waals surface area contributed by atoms with Gasteiger partial charge < -0.3 is 9.84 Å². The van der Waals surface area contributed by atoms with Gasteiger partial charge in [-0.1, -0.05) is 28.1 Å². The summed E-state index contributed by atoms with van der Waals surface area (Å²) in [4.78, 5) is 24.1. The number of esters is 1. The van der Waals surface area contributed by atoms with E-state index in [4.69, 9.17) is 4.74 Å². The zero-order valence-electron chi connectivity index (χ0n) is 14.1. The molecule has 1 aromatic rings. The van der Waals surface area contributed by atoms with Gasteiger partial charge in [0.15, 0.2) is 0 Å². The Bertz CT molecular complexity index is 773. The summed E-state index contributed by atoms with van der Waals surface area (Å²) in [7, 11) is 0. The molecule has 0 bridgehead atoms. The molecule has 1 N–H and O–H groups in total. The molecule has 1 aliphatic rings. The Labute approximate surface area is 155 Å². The molecule has 0 aromatic heterocycles. The van der Waals surface area contributed by atoms with Gasteiger partial charge in [0.05, 0.1) is 12.1 Å². The lowest BCUT2D eigenvalue weighted by atomic mass is 10.0. The summed E-state index contributed by atoms with van der Waals surface area (Å²) in [5, 5.41) is 13.5. The molecule has 26 heavy (non-hydrogen) atoms. The number of nitrogens with zero attached hydrogens (tertiary/aromatic N) is 2. The van der Waals surface area contributed by atoms with Crippen LogP contribution in [0.25, 0.3) is 0 Å². The van der Waals surface area contributed by atoms with E-state index >= 15 is 0 Å². The summed E-state index contributed by atoms with van der Waals surface area (Å²) in [6.07, 6.45) is -6.25. The number of amides is 1. The van der Waals surface area contributed by atoms with Gasteiger partial charge in [0, 0.05) is 4.47 Å². The van der Waals surface area contributed by atoms with E-state index in [1.165, 1.54) is 32.9 Å². The molecule has 1 aromatic carbocycles. The van der Waals surface area contributed by atoms with Crippen LogP contribution in [0.1, 0.15) is 32.8 Å². The molecule has 1 amide bonds. The number of hydrogen-bond acceptors (Lipinski definition) is 5. The van der Waals surface area contributed by atoms with Gasteiger partial charge in [-0.25, -0.2) is 4.79 Å². The molecule has 0 saturated heterocycles. The Hall–Kier alpha value is -1.94. The van der Waals surface area contributed by atoms with Crippen LogP contribution in [-0.2, 0) is 14.3 Å². The highest BCUT2D eigenvalue weighted by Gasteiger charge is 2.64. The van der Waals surface area contributed by atoms with Crippen LogP contribution in [0.15, 0.2) is 33.8 Å². The van der Waals surface area contributed by atoms with E-state index < -0.39 is 35.8 Å². The van der Waals surface area contributed by atoms with Crippen molar-refractivity contribution in [3.8, 4) is 0 Å². The van der Waals surface area contributed by atoms with Crippen molar-refractivity contribution in [1.29, 1.82) is 0 Å². The topological polar surface area (TPSA) is 79.2 Å². The summed E-state index contributed by atoms with van der Waals surface area (Å²) in [6, 6.07) is 6.17. The van der Waals surface area contributed by atoms with Crippen molar-refractivity contribution in [2.45, 2.75) is 44.7 Å². The molecule has 0 radical (unpaired) electrons. The van der Waals surface area contributed by atoms with E-state index in [0.29, 0.717) is 4.47 Å². The smallest absolute Gasteiger partial charge is 0.438 e. The standard InChI is InChI=1S/C16H16BrF3N2O4/c1-14(2,3)26-13(24)12(23)22-15(25,16(18,19)20)8-11(21-22)9-5-4-6-10(17)7-9/h4-7,25H,8H2,1-3H3. The monoisotopic (exact) mass is 436 g/mol. The van der Waals surface area contributed by atoms with E-state index in [9.17, 15) is 27.9 Å². The number of ether oxygens (including phenoxy) is 1. The maximum Gasteiger partial charge on any atom is 0.438 e. The van der Waals surface area contributed by atoms with Crippen molar-refractivity contribution < 1.29 is 32.6 Å². The van der Waals surface area contributed by atoms with Gasteiger partial charge in [-0.3, -0.25) is 4.79 Å². The summed E-state index contributed by atoms with van der Waals surface area (Å²) >= 11 is 3.18. The first kappa shape index (κ1) is 20.4. The van der Waals surface area contributed by atoms with Gasteiger partial charge in [0.2, 0.25) is 0 Å². The van der Waals surface area contributed by atoms with Crippen LogP contribution in [0.3, 0.4) is 0 Å². The molecule has 0 saturated carbocycles. The Morgan fingerprint density at radius 3 is 2.42 bits per heavy atom. The largest absolute Gasteiger partial charge is 0.453 e. The van der Waals surface area contributed by atoms with Crippen LogP contribution in [0.2, 0.25) is 0 Å². The minimum Gasteiger partial charge on any atom is -0.453 e. The fourth-order valence-electron chi connectivity index (χ4n) is 2.22. The third-order valence-corrected chi connectivity index (χ3v) is 3.86. The normalized spacial score (nSPS) is 20.8. The van der Waals surface area contributed by atoms with E-state index in [2.05, 4.69) is 21.0 Å². The molecule has 6 nitrogen and oxygen atoms in total. The Balaban J connectivity index is 2.44. The van der Waals surface area contributed by atoms with E-state index in [0.717, 1.165) is 0 Å².